The van der Waals surface area contributed by atoms with Crippen LogP contribution in [-0.2, 0) is 12.8 Å². The maximum Gasteiger partial charge on any atom is 0.251 e. The van der Waals surface area contributed by atoms with E-state index in [-0.39, 0.29) is 0 Å². The smallest absolute Gasteiger partial charge is 0.251 e. The van der Waals surface area contributed by atoms with E-state index in [2.05, 4.69) is 16.4 Å². The number of carbonyl (C=O) groups is 1. The molecule has 3 N–H and O–H groups in total. The van der Waals surface area contributed by atoms with E-state index >= 15 is 0 Å². The molecule has 112 valence electrons. The number of nitriles is 1. The number of aryl methyl sites for hydroxylation is 2. The SMILES string of the molecule is Cc1csc(/C(C#N)=C/Nc2sc3c(c2C(N)=O)CCC3)n1. The Morgan fingerprint density at radius 3 is 3.00 bits per heavy atom. The minimum absolute atomic E-state index is 0.418. The highest BCUT2D eigenvalue weighted by Gasteiger charge is 2.24. The monoisotopic (exact) mass is 330 g/mol. The van der Waals surface area contributed by atoms with Gasteiger partial charge in [0.15, 0.2) is 0 Å². The number of thiophene rings is 1. The van der Waals surface area contributed by atoms with Gasteiger partial charge in [0.1, 0.15) is 21.7 Å². The number of aromatic nitrogens is 1. The summed E-state index contributed by atoms with van der Waals surface area (Å²) in [5.41, 5.74) is 8.48. The molecule has 0 radical (unpaired) electrons. The van der Waals surface area contributed by atoms with E-state index in [4.69, 9.17) is 5.73 Å². The van der Waals surface area contributed by atoms with Gasteiger partial charge in [-0.3, -0.25) is 4.79 Å². The predicted molar refractivity (Wildman–Crippen MR) is 88.9 cm³/mol. The van der Waals surface area contributed by atoms with Crippen molar-refractivity contribution in [3.05, 3.63) is 38.3 Å². The number of fused-ring (bicyclic) bond motifs is 1. The molecule has 0 spiro atoms. The average molecular weight is 330 g/mol. The van der Waals surface area contributed by atoms with Gasteiger partial charge in [0.25, 0.3) is 5.91 Å². The molecule has 0 bridgehead atoms. The van der Waals surface area contributed by atoms with Crippen LogP contribution in [0.25, 0.3) is 5.57 Å². The van der Waals surface area contributed by atoms with Gasteiger partial charge in [-0.2, -0.15) is 5.26 Å². The van der Waals surface area contributed by atoms with Crippen LogP contribution < -0.4 is 11.1 Å². The largest absolute Gasteiger partial charge is 0.365 e. The maximum absolute atomic E-state index is 11.7. The van der Waals surface area contributed by atoms with Crippen molar-refractivity contribution in [2.45, 2.75) is 26.2 Å². The number of nitrogens with zero attached hydrogens (tertiary/aromatic N) is 2. The van der Waals surface area contributed by atoms with E-state index in [9.17, 15) is 10.1 Å². The fourth-order valence-corrected chi connectivity index (χ4v) is 4.55. The first-order valence-electron chi connectivity index (χ1n) is 6.83. The van der Waals surface area contributed by atoms with Crippen LogP contribution in [0.4, 0.5) is 5.00 Å². The molecule has 1 aliphatic rings. The zero-order chi connectivity index (χ0) is 15.7. The number of hydrogen-bond donors (Lipinski definition) is 2. The number of anilines is 1. The van der Waals surface area contributed by atoms with E-state index < -0.39 is 5.91 Å². The summed E-state index contributed by atoms with van der Waals surface area (Å²) in [5, 5.41) is 15.6. The van der Waals surface area contributed by atoms with Gasteiger partial charge in [0, 0.05) is 22.2 Å². The summed E-state index contributed by atoms with van der Waals surface area (Å²) in [4.78, 5) is 17.2. The van der Waals surface area contributed by atoms with Gasteiger partial charge >= 0.3 is 0 Å². The molecular formula is C15H14N4OS2. The quantitative estimate of drug-likeness (QED) is 0.843. The van der Waals surface area contributed by atoms with E-state index in [0.29, 0.717) is 16.1 Å². The highest BCUT2D eigenvalue weighted by Crippen LogP contribution is 2.39. The van der Waals surface area contributed by atoms with Gasteiger partial charge < -0.3 is 11.1 Å². The van der Waals surface area contributed by atoms with Crippen molar-refractivity contribution in [1.29, 1.82) is 5.26 Å². The van der Waals surface area contributed by atoms with Gasteiger partial charge in [-0.25, -0.2) is 4.98 Å². The number of primary amides is 1. The normalized spacial score (nSPS) is 13.7. The second-order valence-corrected chi connectivity index (χ2v) is 7.00. The highest BCUT2D eigenvalue weighted by atomic mass is 32.1. The summed E-state index contributed by atoms with van der Waals surface area (Å²) < 4.78 is 0. The molecule has 2 aromatic heterocycles. The molecule has 0 atom stereocenters. The van der Waals surface area contributed by atoms with Crippen molar-refractivity contribution < 1.29 is 4.79 Å². The second-order valence-electron chi connectivity index (χ2n) is 5.03. The van der Waals surface area contributed by atoms with E-state index in [0.717, 1.165) is 35.5 Å². The lowest BCUT2D eigenvalue weighted by molar-refractivity contribution is 0.100. The van der Waals surface area contributed by atoms with Crippen LogP contribution in [0, 0.1) is 18.3 Å². The molecule has 0 saturated carbocycles. The summed E-state index contributed by atoms with van der Waals surface area (Å²) >= 11 is 2.97. The number of amides is 1. The molecule has 1 amide bonds. The number of carbonyl (C=O) groups excluding carboxylic acids is 1. The molecule has 5 nitrogen and oxygen atoms in total. The lowest BCUT2D eigenvalue weighted by atomic mass is 10.1. The number of hydrogen-bond acceptors (Lipinski definition) is 6. The van der Waals surface area contributed by atoms with Crippen molar-refractivity contribution in [3.8, 4) is 6.07 Å². The van der Waals surface area contributed by atoms with Crippen LogP contribution in [0.2, 0.25) is 0 Å². The fourth-order valence-electron chi connectivity index (χ4n) is 2.52. The summed E-state index contributed by atoms with van der Waals surface area (Å²) in [6.07, 6.45) is 4.56. The molecular weight excluding hydrogens is 316 g/mol. The number of nitrogens with two attached hydrogens (primary N) is 1. The molecule has 1 aliphatic carbocycles. The molecule has 0 fully saturated rings. The van der Waals surface area contributed by atoms with Gasteiger partial charge in [0.2, 0.25) is 0 Å². The topological polar surface area (TPSA) is 91.8 Å². The molecule has 0 unspecified atom stereocenters. The molecule has 2 heterocycles. The Labute approximate surface area is 136 Å². The minimum atomic E-state index is -0.418. The van der Waals surface area contributed by atoms with Crippen LogP contribution in [0.3, 0.4) is 0 Å². The molecule has 0 aromatic carbocycles. The third kappa shape index (κ3) is 2.63. The van der Waals surface area contributed by atoms with Crippen LogP contribution in [0.5, 0.6) is 0 Å². The first-order chi connectivity index (χ1) is 10.6. The molecule has 0 saturated heterocycles. The van der Waals surface area contributed by atoms with Crippen LogP contribution in [0.1, 0.15) is 37.9 Å². The molecule has 22 heavy (non-hydrogen) atoms. The Balaban J connectivity index is 1.92. The molecule has 3 rings (SSSR count). The lowest BCUT2D eigenvalue weighted by Gasteiger charge is -2.03. The first kappa shape index (κ1) is 14.8. The molecule has 0 aliphatic heterocycles. The van der Waals surface area contributed by atoms with E-state index in [1.54, 1.807) is 17.5 Å². The Hall–Kier alpha value is -2.17. The number of rotatable bonds is 4. The van der Waals surface area contributed by atoms with Gasteiger partial charge in [-0.05, 0) is 31.7 Å². The lowest BCUT2D eigenvalue weighted by Crippen LogP contribution is -2.13. The summed E-state index contributed by atoms with van der Waals surface area (Å²) in [7, 11) is 0. The first-order valence-corrected chi connectivity index (χ1v) is 8.53. The average Bonchev–Trinajstić information content (AvgIpc) is 3.14. The Bertz CT molecular complexity index is 810. The van der Waals surface area contributed by atoms with Crippen molar-refractivity contribution in [1.82, 2.24) is 4.98 Å². The maximum atomic E-state index is 11.7. The van der Waals surface area contributed by atoms with Crippen LogP contribution in [0.15, 0.2) is 11.6 Å². The van der Waals surface area contributed by atoms with E-state index in [1.165, 1.54) is 16.2 Å². The standard InChI is InChI=1S/C15H14N4OS2/c1-8-7-21-14(19-8)9(5-16)6-18-15-12(13(17)20)10-3-2-4-11(10)22-15/h6-7,18H,2-4H2,1H3,(H2,17,20)/b9-6+. The summed E-state index contributed by atoms with van der Waals surface area (Å²) in [6.45, 7) is 1.89. The Morgan fingerprint density at radius 1 is 1.55 bits per heavy atom. The predicted octanol–water partition coefficient (Wildman–Crippen LogP) is 3.08. The van der Waals surface area contributed by atoms with Gasteiger partial charge in [0.05, 0.1) is 5.56 Å². The van der Waals surface area contributed by atoms with Gasteiger partial charge in [-0.15, -0.1) is 22.7 Å². The van der Waals surface area contributed by atoms with Crippen molar-refractivity contribution in [2.75, 3.05) is 5.32 Å². The summed E-state index contributed by atoms with van der Waals surface area (Å²) in [6, 6.07) is 2.13. The Kier molecular flexibility index (Phi) is 3.96. The minimum Gasteiger partial charge on any atom is -0.365 e. The van der Waals surface area contributed by atoms with Gasteiger partial charge in [-0.1, -0.05) is 0 Å². The fraction of sp³-hybridized carbons (Fsp3) is 0.267. The van der Waals surface area contributed by atoms with Crippen molar-refractivity contribution in [2.24, 2.45) is 5.73 Å². The summed E-state index contributed by atoms with van der Waals surface area (Å²) in [5.74, 6) is -0.418. The van der Waals surface area contributed by atoms with Crippen LogP contribution in [-0.4, -0.2) is 10.9 Å². The zero-order valence-electron chi connectivity index (χ0n) is 12.0. The molecule has 2 aromatic rings. The van der Waals surface area contributed by atoms with Crippen molar-refractivity contribution in [3.63, 3.8) is 0 Å². The number of thiazole rings is 1. The third-order valence-electron chi connectivity index (χ3n) is 3.49. The number of allylic oxidation sites excluding steroid dienone is 1. The van der Waals surface area contributed by atoms with Crippen molar-refractivity contribution >= 4 is 39.2 Å². The molecule has 7 heteroatoms. The van der Waals surface area contributed by atoms with E-state index in [1.807, 2.05) is 12.3 Å². The zero-order valence-corrected chi connectivity index (χ0v) is 13.6. The highest BCUT2D eigenvalue weighted by molar-refractivity contribution is 7.16. The second kappa shape index (κ2) is 5.91. The Morgan fingerprint density at radius 2 is 2.36 bits per heavy atom. The number of nitrogens with one attached hydrogen (secondary N) is 1. The van der Waals surface area contributed by atoms with Crippen LogP contribution >= 0.6 is 22.7 Å². The third-order valence-corrected chi connectivity index (χ3v) is 5.70.